The van der Waals surface area contributed by atoms with Crippen LogP contribution in [0.1, 0.15) is 24.2 Å². The molecule has 1 aromatic carbocycles. The van der Waals surface area contributed by atoms with Gasteiger partial charge in [-0.1, -0.05) is 18.2 Å². The van der Waals surface area contributed by atoms with E-state index in [2.05, 4.69) is 15.9 Å². The van der Waals surface area contributed by atoms with Gasteiger partial charge in [0.25, 0.3) is 0 Å². The minimum atomic E-state index is -0.758. The molecule has 3 nitrogen and oxygen atoms in total. The van der Waals surface area contributed by atoms with E-state index in [9.17, 15) is 5.11 Å². The maximum Gasteiger partial charge on any atom is 0.175 e. The third kappa shape index (κ3) is 2.53. The molecule has 0 spiro atoms. The maximum atomic E-state index is 10.3. The lowest BCUT2D eigenvalue weighted by Crippen LogP contribution is -2.03. The Morgan fingerprint density at radius 3 is 2.71 bits per heavy atom. The average molecular weight is 297 g/mol. The summed E-state index contributed by atoms with van der Waals surface area (Å²) in [6.07, 6.45) is 0.775. The number of halogens is 1. The predicted octanol–water partition coefficient (Wildman–Crippen LogP) is 3.52. The van der Waals surface area contributed by atoms with Crippen LogP contribution in [-0.2, 0) is 0 Å². The molecule has 4 heteroatoms. The number of rotatable bonds is 4. The number of ether oxygens (including phenoxy) is 1. The SMILES string of the molecule is CCOc1ccccc1C(O)c1ccoc1Br. The molecule has 17 heavy (non-hydrogen) atoms. The van der Waals surface area contributed by atoms with Gasteiger partial charge in [-0.25, -0.2) is 0 Å². The monoisotopic (exact) mass is 296 g/mol. The number of aliphatic hydroxyl groups excluding tert-OH is 1. The summed E-state index contributed by atoms with van der Waals surface area (Å²) in [4.78, 5) is 0. The van der Waals surface area contributed by atoms with Crippen LogP contribution in [0.3, 0.4) is 0 Å². The van der Waals surface area contributed by atoms with Crippen LogP contribution in [0.25, 0.3) is 0 Å². The van der Waals surface area contributed by atoms with Crippen molar-refractivity contribution in [3.8, 4) is 5.75 Å². The van der Waals surface area contributed by atoms with Crippen molar-refractivity contribution >= 4 is 15.9 Å². The highest BCUT2D eigenvalue weighted by Crippen LogP contribution is 2.34. The minimum absolute atomic E-state index is 0.538. The van der Waals surface area contributed by atoms with Gasteiger partial charge in [0, 0.05) is 11.1 Å². The summed E-state index contributed by atoms with van der Waals surface area (Å²) in [6.45, 7) is 2.48. The van der Waals surface area contributed by atoms with Crippen molar-refractivity contribution in [3.05, 3.63) is 52.4 Å². The Kier molecular flexibility index (Phi) is 3.86. The number of benzene rings is 1. The normalized spacial score (nSPS) is 12.4. The molecule has 0 saturated carbocycles. The quantitative estimate of drug-likeness (QED) is 0.939. The highest BCUT2D eigenvalue weighted by Gasteiger charge is 2.19. The molecule has 0 aliphatic rings. The minimum Gasteiger partial charge on any atom is -0.493 e. The maximum absolute atomic E-state index is 10.3. The van der Waals surface area contributed by atoms with Crippen LogP contribution in [0.4, 0.5) is 0 Å². The second-order valence-corrected chi connectivity index (χ2v) is 4.24. The summed E-state index contributed by atoms with van der Waals surface area (Å²) in [6, 6.07) is 9.17. The van der Waals surface area contributed by atoms with Crippen LogP contribution in [0.2, 0.25) is 0 Å². The number of aliphatic hydroxyl groups is 1. The number of hydrogen-bond acceptors (Lipinski definition) is 3. The van der Waals surface area contributed by atoms with Crippen LogP contribution < -0.4 is 4.74 Å². The van der Waals surface area contributed by atoms with Gasteiger partial charge >= 0.3 is 0 Å². The topological polar surface area (TPSA) is 42.6 Å². The van der Waals surface area contributed by atoms with E-state index < -0.39 is 6.10 Å². The van der Waals surface area contributed by atoms with E-state index in [1.807, 2.05) is 31.2 Å². The predicted molar refractivity (Wildman–Crippen MR) is 68.1 cm³/mol. The molecule has 90 valence electrons. The Bertz CT molecular complexity index is 493. The van der Waals surface area contributed by atoms with Crippen LogP contribution in [0.15, 0.2) is 45.7 Å². The molecule has 0 aliphatic heterocycles. The lowest BCUT2D eigenvalue weighted by atomic mass is 10.0. The Balaban J connectivity index is 2.37. The fourth-order valence-electron chi connectivity index (χ4n) is 1.66. The van der Waals surface area contributed by atoms with Gasteiger partial charge in [0.15, 0.2) is 4.67 Å². The van der Waals surface area contributed by atoms with E-state index in [4.69, 9.17) is 9.15 Å². The van der Waals surface area contributed by atoms with Crippen molar-refractivity contribution in [1.82, 2.24) is 0 Å². The molecular formula is C13H13BrO3. The highest BCUT2D eigenvalue weighted by atomic mass is 79.9. The summed E-state index contributed by atoms with van der Waals surface area (Å²) < 4.78 is 11.2. The first-order valence-electron chi connectivity index (χ1n) is 5.36. The first-order chi connectivity index (χ1) is 8.24. The molecule has 0 aliphatic carbocycles. The molecule has 0 fully saturated rings. The Morgan fingerprint density at radius 1 is 1.29 bits per heavy atom. The molecule has 2 rings (SSSR count). The third-order valence-corrected chi connectivity index (χ3v) is 3.10. The van der Waals surface area contributed by atoms with E-state index in [1.165, 1.54) is 6.26 Å². The smallest absolute Gasteiger partial charge is 0.175 e. The fraction of sp³-hybridized carbons (Fsp3) is 0.231. The molecule has 0 bridgehead atoms. The van der Waals surface area contributed by atoms with Gasteiger partial charge in [-0.2, -0.15) is 0 Å². The summed E-state index contributed by atoms with van der Waals surface area (Å²) >= 11 is 3.26. The van der Waals surface area contributed by atoms with Gasteiger partial charge < -0.3 is 14.3 Å². The van der Waals surface area contributed by atoms with E-state index in [1.54, 1.807) is 6.07 Å². The van der Waals surface area contributed by atoms with Crippen molar-refractivity contribution in [2.24, 2.45) is 0 Å². The van der Waals surface area contributed by atoms with Crippen LogP contribution in [-0.4, -0.2) is 11.7 Å². The van der Waals surface area contributed by atoms with Crippen molar-refractivity contribution in [2.75, 3.05) is 6.61 Å². The van der Waals surface area contributed by atoms with Crippen molar-refractivity contribution < 1.29 is 14.3 Å². The van der Waals surface area contributed by atoms with Gasteiger partial charge in [0.1, 0.15) is 11.9 Å². The van der Waals surface area contributed by atoms with Crippen molar-refractivity contribution in [2.45, 2.75) is 13.0 Å². The lowest BCUT2D eigenvalue weighted by Gasteiger charge is -2.14. The van der Waals surface area contributed by atoms with E-state index in [0.717, 1.165) is 5.56 Å². The summed E-state index contributed by atoms with van der Waals surface area (Å²) in [7, 11) is 0. The number of para-hydroxylation sites is 1. The largest absolute Gasteiger partial charge is 0.493 e. The zero-order chi connectivity index (χ0) is 12.3. The lowest BCUT2D eigenvalue weighted by molar-refractivity contribution is 0.210. The zero-order valence-electron chi connectivity index (χ0n) is 9.39. The van der Waals surface area contributed by atoms with Gasteiger partial charge in [-0.15, -0.1) is 0 Å². The van der Waals surface area contributed by atoms with Gasteiger partial charge in [-0.05, 0) is 35.0 Å². The Morgan fingerprint density at radius 2 is 2.06 bits per heavy atom. The molecule has 0 saturated heterocycles. The fourth-order valence-corrected chi connectivity index (χ4v) is 2.12. The van der Waals surface area contributed by atoms with Gasteiger partial charge in [-0.3, -0.25) is 0 Å². The van der Waals surface area contributed by atoms with Crippen molar-refractivity contribution in [3.63, 3.8) is 0 Å². The molecule has 0 amide bonds. The van der Waals surface area contributed by atoms with E-state index >= 15 is 0 Å². The molecule has 1 heterocycles. The number of hydrogen-bond donors (Lipinski definition) is 1. The molecule has 1 aromatic heterocycles. The zero-order valence-corrected chi connectivity index (χ0v) is 11.0. The second-order valence-electron chi connectivity index (χ2n) is 3.52. The second kappa shape index (κ2) is 5.38. The van der Waals surface area contributed by atoms with Crippen molar-refractivity contribution in [1.29, 1.82) is 0 Å². The third-order valence-electron chi connectivity index (χ3n) is 2.45. The Labute approximate surface area is 108 Å². The molecule has 2 aromatic rings. The molecule has 0 radical (unpaired) electrons. The van der Waals surface area contributed by atoms with Crippen LogP contribution in [0.5, 0.6) is 5.75 Å². The van der Waals surface area contributed by atoms with Gasteiger partial charge in [0.05, 0.1) is 12.9 Å². The van der Waals surface area contributed by atoms with Crippen LogP contribution >= 0.6 is 15.9 Å². The first kappa shape index (κ1) is 12.2. The van der Waals surface area contributed by atoms with E-state index in [0.29, 0.717) is 22.6 Å². The van der Waals surface area contributed by atoms with E-state index in [-0.39, 0.29) is 0 Å². The number of furan rings is 1. The van der Waals surface area contributed by atoms with Crippen LogP contribution in [0, 0.1) is 0 Å². The molecule has 1 unspecified atom stereocenters. The molecule has 1 atom stereocenters. The summed E-state index contributed by atoms with van der Waals surface area (Å²) in [5.41, 5.74) is 1.42. The average Bonchev–Trinajstić information content (AvgIpc) is 2.76. The standard InChI is InChI=1S/C13H13BrO3/c1-2-16-11-6-4-3-5-9(11)12(15)10-7-8-17-13(10)14/h3-8,12,15H,2H2,1H3. The van der Waals surface area contributed by atoms with Gasteiger partial charge in [0.2, 0.25) is 0 Å². The first-order valence-corrected chi connectivity index (χ1v) is 6.16. The Hall–Kier alpha value is -1.26. The highest BCUT2D eigenvalue weighted by molar-refractivity contribution is 9.10. The molecule has 1 N–H and O–H groups in total. The summed E-state index contributed by atoms with van der Waals surface area (Å²) in [5, 5.41) is 10.3. The molecular weight excluding hydrogens is 284 g/mol. The summed E-state index contributed by atoms with van der Waals surface area (Å²) in [5.74, 6) is 0.690.